The minimum Gasteiger partial charge on any atom is -0.480 e. The predicted octanol–water partition coefficient (Wildman–Crippen LogP) is 4.19. The summed E-state index contributed by atoms with van der Waals surface area (Å²) in [4.78, 5) is 36.7. The van der Waals surface area contributed by atoms with E-state index in [4.69, 9.17) is 9.47 Å². The van der Waals surface area contributed by atoms with Crippen molar-refractivity contribution < 1.29 is 37.4 Å². The third kappa shape index (κ3) is 6.73. The molecule has 200 valence electrons. The van der Waals surface area contributed by atoms with Gasteiger partial charge in [0.2, 0.25) is 5.91 Å². The van der Waals surface area contributed by atoms with Crippen molar-refractivity contribution in [3.05, 3.63) is 77.6 Å². The lowest BCUT2D eigenvalue weighted by molar-refractivity contribution is -0.113. The number of amides is 1. The second kappa shape index (κ2) is 12.8. The van der Waals surface area contributed by atoms with Crippen LogP contribution in [-0.2, 0) is 20.8 Å². The van der Waals surface area contributed by atoms with Gasteiger partial charge in [-0.3, -0.25) is 9.36 Å². The zero-order chi connectivity index (χ0) is 27.8. The molecular weight excluding hydrogens is 522 g/mol. The molecule has 3 rings (SSSR count). The van der Waals surface area contributed by atoms with Gasteiger partial charge in [0.15, 0.2) is 28.7 Å². The molecule has 0 radical (unpaired) electrons. The molecule has 1 heterocycles. The maximum atomic E-state index is 14.0. The molecule has 0 saturated carbocycles. The molecule has 38 heavy (non-hydrogen) atoms. The lowest BCUT2D eigenvalue weighted by Gasteiger charge is -2.16. The normalized spacial score (nSPS) is 11.4. The van der Waals surface area contributed by atoms with Crippen LogP contribution >= 0.6 is 11.8 Å². The summed E-state index contributed by atoms with van der Waals surface area (Å²) < 4.78 is 43.9. The Labute approximate surface area is 221 Å². The summed E-state index contributed by atoms with van der Waals surface area (Å²) in [5, 5.41) is 11.2. The van der Waals surface area contributed by atoms with Crippen LogP contribution in [0, 0.1) is 11.6 Å². The van der Waals surface area contributed by atoms with Crippen molar-refractivity contribution >= 4 is 35.3 Å². The number of nitrogens with one attached hydrogen (secondary N) is 1. The number of aromatic nitrogens is 3. The van der Waals surface area contributed by atoms with Crippen molar-refractivity contribution in [3.63, 3.8) is 0 Å². The Morgan fingerprint density at radius 3 is 2.50 bits per heavy atom. The first-order valence-electron chi connectivity index (χ1n) is 11.1. The van der Waals surface area contributed by atoms with Gasteiger partial charge in [-0.2, -0.15) is 0 Å². The highest BCUT2D eigenvalue weighted by molar-refractivity contribution is 7.99. The molecule has 10 nitrogen and oxygen atoms in total. The first kappa shape index (κ1) is 28.3. The van der Waals surface area contributed by atoms with E-state index in [1.165, 1.54) is 38.5 Å². The second-order valence-electron chi connectivity index (χ2n) is 7.66. The van der Waals surface area contributed by atoms with E-state index in [0.717, 1.165) is 17.8 Å². The van der Waals surface area contributed by atoms with E-state index >= 15 is 0 Å². The van der Waals surface area contributed by atoms with Gasteiger partial charge in [0.1, 0.15) is 5.82 Å². The molecule has 1 aromatic heterocycles. The van der Waals surface area contributed by atoms with Crippen molar-refractivity contribution in [1.82, 2.24) is 14.8 Å². The van der Waals surface area contributed by atoms with Gasteiger partial charge in [0.25, 0.3) is 0 Å². The average Bonchev–Trinajstić information content (AvgIpc) is 3.30. The molecule has 2 aromatic carbocycles. The smallest absolute Gasteiger partial charge is 0.339 e. The first-order valence-corrected chi connectivity index (χ1v) is 12.1. The summed E-state index contributed by atoms with van der Waals surface area (Å²) in [6.07, 6.45) is 0.817. The number of methoxy groups -OCH3 is 2. The maximum absolute atomic E-state index is 14.0. The minimum atomic E-state index is -0.861. The van der Waals surface area contributed by atoms with Gasteiger partial charge < -0.3 is 19.5 Å². The quantitative estimate of drug-likeness (QED) is 0.214. The van der Waals surface area contributed by atoms with Crippen LogP contribution < -0.4 is 10.1 Å². The van der Waals surface area contributed by atoms with E-state index < -0.39 is 35.6 Å². The molecule has 13 heteroatoms. The lowest BCUT2D eigenvalue weighted by Crippen LogP contribution is -2.18. The molecule has 0 fully saturated rings. The van der Waals surface area contributed by atoms with Crippen molar-refractivity contribution in [2.45, 2.75) is 24.7 Å². The largest absolute Gasteiger partial charge is 0.480 e. The van der Waals surface area contributed by atoms with E-state index in [-0.39, 0.29) is 34.9 Å². The van der Waals surface area contributed by atoms with Crippen LogP contribution in [0.4, 0.5) is 14.5 Å². The summed E-state index contributed by atoms with van der Waals surface area (Å²) >= 11 is 1.04. The lowest BCUT2D eigenvalue weighted by atomic mass is 10.1. The molecule has 3 aromatic rings. The van der Waals surface area contributed by atoms with E-state index in [9.17, 15) is 23.2 Å². The molecular formula is C25H24F2N4O6S. The fourth-order valence-electron chi connectivity index (χ4n) is 3.32. The van der Waals surface area contributed by atoms with Crippen LogP contribution in [0.1, 0.15) is 39.6 Å². The van der Waals surface area contributed by atoms with Gasteiger partial charge in [-0.25, -0.2) is 18.4 Å². The fourth-order valence-corrected chi connectivity index (χ4v) is 4.07. The van der Waals surface area contributed by atoms with E-state index in [1.54, 1.807) is 17.6 Å². The number of anilines is 1. The summed E-state index contributed by atoms with van der Waals surface area (Å²) in [5.41, 5.74) is 0.251. The zero-order valence-electron chi connectivity index (χ0n) is 20.7. The number of carbonyl (C=O) groups is 3. The number of carbonyl (C=O) groups excluding carboxylic acids is 3. The Kier molecular flexibility index (Phi) is 9.55. The molecule has 1 amide bonds. The molecule has 0 aliphatic carbocycles. The fraction of sp³-hybridized carbons (Fsp3) is 0.240. The Bertz CT molecular complexity index is 1360. The Balaban J connectivity index is 1.75. The third-order valence-electron chi connectivity index (χ3n) is 5.07. The molecule has 0 aliphatic heterocycles. The number of nitrogens with zero attached hydrogens (tertiary/aromatic N) is 3. The monoisotopic (exact) mass is 546 g/mol. The first-order chi connectivity index (χ1) is 18.2. The van der Waals surface area contributed by atoms with E-state index in [2.05, 4.69) is 26.8 Å². The maximum Gasteiger partial charge on any atom is 0.339 e. The number of hydrogen-bond acceptors (Lipinski definition) is 9. The predicted molar refractivity (Wildman–Crippen MR) is 134 cm³/mol. The standard InChI is InChI=1S/C25H24F2N4O6S/c1-5-10-31-22(14(2)37-20-9-7-16(26)12-18(20)27)29-30-25(31)38-13-21(32)28-19-11-15(23(33)35-3)6-8-17(19)24(34)36-4/h5-9,11-12,14H,1,10,13H2,2-4H3,(H,28,32). The van der Waals surface area contributed by atoms with Gasteiger partial charge >= 0.3 is 11.9 Å². The molecule has 0 saturated heterocycles. The second-order valence-corrected chi connectivity index (χ2v) is 8.60. The number of hydrogen-bond donors (Lipinski definition) is 1. The van der Waals surface area contributed by atoms with E-state index in [1.807, 2.05) is 0 Å². The number of ether oxygens (including phenoxy) is 3. The molecule has 1 N–H and O–H groups in total. The summed E-state index contributed by atoms with van der Waals surface area (Å²) in [6.45, 7) is 5.60. The Morgan fingerprint density at radius 1 is 1.11 bits per heavy atom. The number of rotatable bonds is 11. The van der Waals surface area contributed by atoms with E-state index in [0.29, 0.717) is 17.0 Å². The molecule has 1 atom stereocenters. The highest BCUT2D eigenvalue weighted by atomic mass is 32.2. The summed E-state index contributed by atoms with van der Waals surface area (Å²) in [7, 11) is 2.40. The average molecular weight is 547 g/mol. The van der Waals surface area contributed by atoms with Gasteiger partial charge in [-0.15, -0.1) is 16.8 Å². The van der Waals surface area contributed by atoms with Gasteiger partial charge in [0, 0.05) is 12.6 Å². The third-order valence-corrected chi connectivity index (χ3v) is 6.04. The molecule has 1 unspecified atom stereocenters. The van der Waals surface area contributed by atoms with Crippen LogP contribution in [0.3, 0.4) is 0 Å². The molecule has 0 bridgehead atoms. The molecule has 0 aliphatic rings. The van der Waals surface area contributed by atoms with Gasteiger partial charge in [0.05, 0.1) is 36.8 Å². The van der Waals surface area contributed by atoms with Crippen LogP contribution in [0.15, 0.2) is 54.2 Å². The van der Waals surface area contributed by atoms with Gasteiger partial charge in [-0.05, 0) is 37.3 Å². The van der Waals surface area contributed by atoms with Crippen molar-refractivity contribution in [3.8, 4) is 5.75 Å². The number of benzene rings is 2. The summed E-state index contributed by atoms with van der Waals surface area (Å²) in [6, 6.07) is 7.00. The number of allylic oxidation sites excluding steroid dienone is 1. The number of esters is 2. The molecule has 0 spiro atoms. The number of thioether (sulfide) groups is 1. The number of halogens is 2. The van der Waals surface area contributed by atoms with Crippen molar-refractivity contribution in [2.24, 2.45) is 0 Å². The van der Waals surface area contributed by atoms with Crippen LogP contribution in [0.25, 0.3) is 0 Å². The topological polar surface area (TPSA) is 122 Å². The highest BCUT2D eigenvalue weighted by Gasteiger charge is 2.22. The van der Waals surface area contributed by atoms with Crippen molar-refractivity contribution in [1.29, 1.82) is 0 Å². The van der Waals surface area contributed by atoms with Gasteiger partial charge in [-0.1, -0.05) is 17.8 Å². The zero-order valence-corrected chi connectivity index (χ0v) is 21.5. The van der Waals surface area contributed by atoms with Crippen LogP contribution in [0.5, 0.6) is 5.75 Å². The SMILES string of the molecule is C=CCn1c(SCC(=O)Nc2cc(C(=O)OC)ccc2C(=O)OC)nnc1C(C)Oc1ccc(F)cc1F. The van der Waals surface area contributed by atoms with Crippen LogP contribution in [0.2, 0.25) is 0 Å². The minimum absolute atomic E-state index is 0.0506. The Morgan fingerprint density at radius 2 is 1.84 bits per heavy atom. The van der Waals surface area contributed by atoms with Crippen molar-refractivity contribution in [2.75, 3.05) is 25.3 Å². The summed E-state index contributed by atoms with van der Waals surface area (Å²) in [5.74, 6) is -3.41. The Hall–Kier alpha value is -4.26. The van der Waals surface area contributed by atoms with Crippen LogP contribution in [-0.4, -0.2) is 52.6 Å². The highest BCUT2D eigenvalue weighted by Crippen LogP contribution is 2.27.